The van der Waals surface area contributed by atoms with Gasteiger partial charge in [-0.05, 0) is 49.0 Å². The third-order valence-corrected chi connectivity index (χ3v) is 3.50. The molecule has 1 rings (SSSR count). The van der Waals surface area contributed by atoms with Gasteiger partial charge < -0.3 is 5.73 Å². The molecule has 0 aliphatic carbocycles. The van der Waals surface area contributed by atoms with E-state index in [-0.39, 0.29) is 0 Å². The predicted octanol–water partition coefficient (Wildman–Crippen LogP) is 3.46. The summed E-state index contributed by atoms with van der Waals surface area (Å²) in [6.45, 7) is 0. The molecule has 1 aromatic carbocycles. The number of hydrogen-bond acceptors (Lipinski definition) is 2. The highest BCUT2D eigenvalue weighted by Gasteiger charge is 2.03. The van der Waals surface area contributed by atoms with Crippen molar-refractivity contribution in [3.05, 3.63) is 34.3 Å². The van der Waals surface area contributed by atoms with Crippen molar-refractivity contribution in [3.63, 3.8) is 0 Å². The molecule has 0 saturated heterocycles. The Morgan fingerprint density at radius 3 is 2.93 bits per heavy atom. The van der Waals surface area contributed by atoms with Gasteiger partial charge >= 0.3 is 0 Å². The van der Waals surface area contributed by atoms with Gasteiger partial charge in [-0.3, -0.25) is 0 Å². The van der Waals surface area contributed by atoms with Crippen molar-refractivity contribution in [1.82, 2.24) is 0 Å². The lowest BCUT2D eigenvalue weighted by atomic mass is 10.0. The Kier molecular flexibility index (Phi) is 6.37. The lowest BCUT2D eigenvalue weighted by molar-refractivity contribution is 0.603. The Morgan fingerprint density at radius 2 is 2.27 bits per heavy atom. The van der Waals surface area contributed by atoms with Crippen molar-refractivity contribution in [3.8, 4) is 0 Å². The van der Waals surface area contributed by atoms with Crippen LogP contribution in [0.15, 0.2) is 28.7 Å². The smallest absolute Gasteiger partial charge is 0.0178 e. The fourth-order valence-electron chi connectivity index (χ4n) is 1.56. The molecule has 1 nitrogen and oxygen atoms in total. The number of halogens is 1. The third kappa shape index (κ3) is 5.59. The highest BCUT2D eigenvalue weighted by atomic mass is 79.9. The first-order chi connectivity index (χ1) is 7.22. The molecule has 3 heteroatoms. The van der Waals surface area contributed by atoms with E-state index in [2.05, 4.69) is 40.4 Å². The van der Waals surface area contributed by atoms with Crippen LogP contribution in [-0.2, 0) is 6.42 Å². The molecular formula is C12H18BrNS. The number of hydrogen-bond donors (Lipinski definition) is 1. The highest BCUT2D eigenvalue weighted by molar-refractivity contribution is 9.10. The number of nitrogens with two attached hydrogens (primary N) is 1. The van der Waals surface area contributed by atoms with Gasteiger partial charge in [-0.1, -0.05) is 28.1 Å². The van der Waals surface area contributed by atoms with Gasteiger partial charge in [0.15, 0.2) is 0 Å². The van der Waals surface area contributed by atoms with E-state index in [9.17, 15) is 0 Å². The maximum Gasteiger partial charge on any atom is 0.0178 e. The van der Waals surface area contributed by atoms with Gasteiger partial charge in [0.1, 0.15) is 0 Å². The maximum atomic E-state index is 6.07. The van der Waals surface area contributed by atoms with Crippen molar-refractivity contribution >= 4 is 27.7 Å². The summed E-state index contributed by atoms with van der Waals surface area (Å²) in [5.74, 6) is 1.21. The van der Waals surface area contributed by atoms with Crippen LogP contribution in [0.4, 0.5) is 0 Å². The van der Waals surface area contributed by atoms with Gasteiger partial charge in [0.25, 0.3) is 0 Å². The lowest BCUT2D eigenvalue weighted by Gasteiger charge is -2.11. The third-order valence-electron chi connectivity index (χ3n) is 2.31. The van der Waals surface area contributed by atoms with Gasteiger partial charge in [0.2, 0.25) is 0 Å². The monoisotopic (exact) mass is 287 g/mol. The quantitative estimate of drug-likeness (QED) is 0.811. The first kappa shape index (κ1) is 13.1. The first-order valence-corrected chi connectivity index (χ1v) is 7.40. The fourth-order valence-corrected chi connectivity index (χ4v) is 2.46. The summed E-state index contributed by atoms with van der Waals surface area (Å²) in [6, 6.07) is 8.69. The van der Waals surface area contributed by atoms with Crippen LogP contribution in [0.2, 0.25) is 0 Å². The molecule has 0 aliphatic heterocycles. The van der Waals surface area contributed by atoms with Crippen molar-refractivity contribution in [2.45, 2.75) is 25.3 Å². The van der Waals surface area contributed by atoms with Crippen molar-refractivity contribution in [1.29, 1.82) is 0 Å². The molecule has 0 amide bonds. The molecule has 0 spiro atoms. The summed E-state index contributed by atoms with van der Waals surface area (Å²) >= 11 is 5.36. The van der Waals surface area contributed by atoms with Crippen molar-refractivity contribution < 1.29 is 0 Å². The van der Waals surface area contributed by atoms with Crippen LogP contribution in [-0.4, -0.2) is 18.1 Å². The van der Waals surface area contributed by atoms with Crippen LogP contribution in [0.3, 0.4) is 0 Å². The molecule has 1 atom stereocenters. The van der Waals surface area contributed by atoms with Crippen LogP contribution in [0.5, 0.6) is 0 Å². The molecule has 0 fully saturated rings. The van der Waals surface area contributed by atoms with E-state index in [1.807, 2.05) is 17.8 Å². The van der Waals surface area contributed by atoms with Crippen LogP contribution in [0.25, 0.3) is 0 Å². The number of thioether (sulfide) groups is 1. The summed E-state index contributed by atoms with van der Waals surface area (Å²) in [7, 11) is 0. The van der Waals surface area contributed by atoms with E-state index in [1.165, 1.54) is 17.7 Å². The lowest BCUT2D eigenvalue weighted by Crippen LogP contribution is -2.22. The standard InChI is InChI=1S/C12H18BrNS/c1-15-7-3-6-12(14)9-10-4-2-5-11(13)8-10/h2,4-5,8,12H,3,6-7,9,14H2,1H3. The Balaban J connectivity index is 2.34. The topological polar surface area (TPSA) is 26.0 Å². The summed E-state index contributed by atoms with van der Waals surface area (Å²) in [4.78, 5) is 0. The second-order valence-corrected chi connectivity index (χ2v) is 5.63. The number of rotatable bonds is 6. The molecule has 15 heavy (non-hydrogen) atoms. The summed E-state index contributed by atoms with van der Waals surface area (Å²) in [5.41, 5.74) is 7.39. The van der Waals surface area contributed by atoms with Crippen LogP contribution < -0.4 is 5.73 Å². The van der Waals surface area contributed by atoms with Crippen LogP contribution >= 0.6 is 27.7 Å². The van der Waals surface area contributed by atoms with Gasteiger partial charge in [0, 0.05) is 10.5 Å². The van der Waals surface area contributed by atoms with Crippen LogP contribution in [0.1, 0.15) is 18.4 Å². The molecule has 0 saturated carbocycles. The van der Waals surface area contributed by atoms with Crippen LogP contribution in [0, 0.1) is 0 Å². The minimum Gasteiger partial charge on any atom is -0.327 e. The van der Waals surface area contributed by atoms with Crippen molar-refractivity contribution in [2.24, 2.45) is 5.73 Å². The van der Waals surface area contributed by atoms with E-state index >= 15 is 0 Å². The minimum absolute atomic E-state index is 0.298. The Labute approximate surface area is 105 Å². The van der Waals surface area contributed by atoms with Crippen molar-refractivity contribution in [2.75, 3.05) is 12.0 Å². The van der Waals surface area contributed by atoms with E-state index in [0.29, 0.717) is 6.04 Å². The van der Waals surface area contributed by atoms with E-state index in [4.69, 9.17) is 5.73 Å². The zero-order chi connectivity index (χ0) is 11.1. The van der Waals surface area contributed by atoms with E-state index in [0.717, 1.165) is 17.3 Å². The molecule has 1 aromatic rings. The van der Waals surface area contributed by atoms with E-state index < -0.39 is 0 Å². The second kappa shape index (κ2) is 7.31. The normalized spacial score (nSPS) is 12.7. The highest BCUT2D eigenvalue weighted by Crippen LogP contribution is 2.14. The molecular weight excluding hydrogens is 270 g/mol. The molecule has 0 heterocycles. The molecule has 0 radical (unpaired) electrons. The molecule has 1 unspecified atom stereocenters. The van der Waals surface area contributed by atoms with E-state index in [1.54, 1.807) is 0 Å². The van der Waals surface area contributed by atoms with Gasteiger partial charge in [-0.25, -0.2) is 0 Å². The Hall–Kier alpha value is 0.01000. The predicted molar refractivity (Wildman–Crippen MR) is 73.4 cm³/mol. The first-order valence-electron chi connectivity index (χ1n) is 5.21. The van der Waals surface area contributed by atoms with Gasteiger partial charge in [-0.15, -0.1) is 0 Å². The molecule has 0 bridgehead atoms. The Bertz CT molecular complexity index is 291. The zero-order valence-electron chi connectivity index (χ0n) is 9.08. The zero-order valence-corrected chi connectivity index (χ0v) is 11.5. The largest absolute Gasteiger partial charge is 0.327 e. The summed E-state index contributed by atoms with van der Waals surface area (Å²) < 4.78 is 1.14. The molecule has 0 aromatic heterocycles. The fraction of sp³-hybridized carbons (Fsp3) is 0.500. The van der Waals surface area contributed by atoms with Gasteiger partial charge in [0.05, 0.1) is 0 Å². The second-order valence-electron chi connectivity index (χ2n) is 3.73. The average molecular weight is 288 g/mol. The minimum atomic E-state index is 0.298. The van der Waals surface area contributed by atoms with Gasteiger partial charge in [-0.2, -0.15) is 11.8 Å². The summed E-state index contributed by atoms with van der Waals surface area (Å²) in [5, 5.41) is 0. The summed E-state index contributed by atoms with van der Waals surface area (Å²) in [6.07, 6.45) is 5.46. The molecule has 84 valence electrons. The SMILES string of the molecule is CSCCCC(N)Cc1cccc(Br)c1. The Morgan fingerprint density at radius 1 is 1.47 bits per heavy atom. The molecule has 0 aliphatic rings. The average Bonchev–Trinajstić information content (AvgIpc) is 2.18. The number of benzene rings is 1. The maximum absolute atomic E-state index is 6.07. The molecule has 2 N–H and O–H groups in total.